The zero-order valence-corrected chi connectivity index (χ0v) is 17.0. The van der Waals surface area contributed by atoms with Gasteiger partial charge in [0.1, 0.15) is 6.61 Å². The van der Waals surface area contributed by atoms with Crippen molar-refractivity contribution in [2.24, 2.45) is 0 Å². The zero-order chi connectivity index (χ0) is 20.0. The third-order valence-corrected chi connectivity index (χ3v) is 5.29. The van der Waals surface area contributed by atoms with Crippen molar-refractivity contribution in [3.8, 4) is 11.5 Å². The predicted octanol–water partition coefficient (Wildman–Crippen LogP) is 2.98. The van der Waals surface area contributed by atoms with Gasteiger partial charge in [0.25, 0.3) is 10.0 Å². The quantitative estimate of drug-likeness (QED) is 0.554. The molecule has 0 radical (unpaired) electrons. The van der Waals surface area contributed by atoms with Gasteiger partial charge in [0, 0.05) is 23.7 Å². The third-order valence-electron chi connectivity index (χ3n) is 3.43. The van der Waals surface area contributed by atoms with Crippen molar-refractivity contribution in [2.45, 2.75) is 4.90 Å². The lowest BCUT2D eigenvalue weighted by Gasteiger charge is -2.16. The summed E-state index contributed by atoms with van der Waals surface area (Å²) < 4.78 is 43.7. The molecule has 0 spiro atoms. The molecule has 8 nitrogen and oxygen atoms in total. The van der Waals surface area contributed by atoms with Gasteiger partial charge in [-0.3, -0.25) is 4.72 Å². The van der Waals surface area contributed by atoms with E-state index in [2.05, 4.69) is 20.7 Å². The van der Waals surface area contributed by atoms with Crippen LogP contribution >= 0.6 is 15.9 Å². The van der Waals surface area contributed by atoms with Crippen molar-refractivity contribution in [3.05, 3.63) is 46.4 Å². The molecule has 0 unspecified atom stereocenters. The lowest BCUT2D eigenvalue weighted by molar-refractivity contribution is 0.0697. The summed E-state index contributed by atoms with van der Waals surface area (Å²) in [4.78, 5) is 11.6. The molecule has 0 aliphatic rings. The smallest absolute Gasteiger partial charge is 0.337 e. The number of rotatable bonds is 9. The van der Waals surface area contributed by atoms with Crippen LogP contribution in [0, 0.1) is 0 Å². The van der Waals surface area contributed by atoms with E-state index in [0.717, 1.165) is 0 Å². The van der Waals surface area contributed by atoms with Crippen molar-refractivity contribution in [3.63, 3.8) is 0 Å². The number of carboxylic acids is 1. The molecule has 0 aliphatic heterocycles. The Bertz CT molecular complexity index is 931. The average molecular weight is 460 g/mol. The van der Waals surface area contributed by atoms with E-state index in [1.54, 1.807) is 12.1 Å². The predicted molar refractivity (Wildman–Crippen MR) is 102 cm³/mol. The van der Waals surface area contributed by atoms with Crippen molar-refractivity contribution in [2.75, 3.05) is 32.2 Å². The van der Waals surface area contributed by atoms with E-state index >= 15 is 0 Å². The number of hydrogen-bond acceptors (Lipinski definition) is 6. The Morgan fingerprint density at radius 1 is 1.15 bits per heavy atom. The fraction of sp³-hybridized carbons (Fsp3) is 0.235. The van der Waals surface area contributed by atoms with E-state index in [1.165, 1.54) is 38.5 Å². The minimum absolute atomic E-state index is 0.0223. The van der Waals surface area contributed by atoms with E-state index in [-0.39, 0.29) is 34.3 Å². The maximum atomic E-state index is 12.6. The number of hydrogen-bond donors (Lipinski definition) is 2. The maximum Gasteiger partial charge on any atom is 0.337 e. The molecule has 2 N–H and O–H groups in total. The fourth-order valence-corrected chi connectivity index (χ4v) is 3.83. The Morgan fingerprint density at radius 3 is 2.48 bits per heavy atom. The Kier molecular flexibility index (Phi) is 7.05. The van der Waals surface area contributed by atoms with Gasteiger partial charge in [0.05, 0.1) is 29.9 Å². The molecule has 0 bridgehead atoms. The number of halogens is 1. The maximum absolute atomic E-state index is 12.6. The fourth-order valence-electron chi connectivity index (χ4n) is 2.17. The van der Waals surface area contributed by atoms with Crippen LogP contribution < -0.4 is 14.2 Å². The van der Waals surface area contributed by atoms with E-state index in [4.69, 9.17) is 14.2 Å². The van der Waals surface area contributed by atoms with Crippen LogP contribution in [0.2, 0.25) is 0 Å². The van der Waals surface area contributed by atoms with Gasteiger partial charge in [-0.15, -0.1) is 0 Å². The van der Waals surface area contributed by atoms with Crippen LogP contribution in [-0.4, -0.2) is 46.9 Å². The number of methoxy groups -OCH3 is 2. The Labute approximate surface area is 165 Å². The Morgan fingerprint density at radius 2 is 1.89 bits per heavy atom. The summed E-state index contributed by atoms with van der Waals surface area (Å²) in [5.74, 6) is -0.968. The number of sulfonamides is 1. The molecule has 2 rings (SSSR count). The van der Waals surface area contributed by atoms with Gasteiger partial charge in [0.15, 0.2) is 11.5 Å². The number of carbonyl (C=O) groups is 1. The number of carboxylic acid groups (broad SMARTS) is 1. The lowest BCUT2D eigenvalue weighted by atomic mass is 10.1. The van der Waals surface area contributed by atoms with Gasteiger partial charge in [-0.2, -0.15) is 0 Å². The molecule has 146 valence electrons. The molecule has 10 heteroatoms. The highest BCUT2D eigenvalue weighted by Crippen LogP contribution is 2.35. The SMILES string of the molecule is COCCOc1cc(NS(=O)(=O)c2cccc(Br)c2)c(C(=O)O)cc1OC. The molecule has 0 fully saturated rings. The standard InChI is InChI=1S/C17H18BrNO7S/c1-24-6-7-26-16-10-14(13(17(20)21)9-15(16)25-2)19-27(22,23)12-5-3-4-11(18)8-12/h3-5,8-10,19H,6-7H2,1-2H3,(H,20,21). The first-order chi connectivity index (χ1) is 12.8. The molecule has 2 aromatic rings. The van der Waals surface area contributed by atoms with Crippen LogP contribution in [-0.2, 0) is 14.8 Å². The van der Waals surface area contributed by atoms with E-state index in [0.29, 0.717) is 11.1 Å². The number of nitrogens with one attached hydrogen (secondary N) is 1. The van der Waals surface area contributed by atoms with E-state index in [9.17, 15) is 18.3 Å². The van der Waals surface area contributed by atoms with Gasteiger partial charge in [-0.1, -0.05) is 22.0 Å². The van der Waals surface area contributed by atoms with Crippen molar-refractivity contribution >= 4 is 37.6 Å². The summed E-state index contributed by atoms with van der Waals surface area (Å²) >= 11 is 3.21. The molecule has 0 atom stereocenters. The lowest BCUT2D eigenvalue weighted by Crippen LogP contribution is -2.16. The minimum atomic E-state index is -4.02. The van der Waals surface area contributed by atoms with Crippen LogP contribution in [0.15, 0.2) is 45.8 Å². The van der Waals surface area contributed by atoms with Crippen molar-refractivity contribution < 1.29 is 32.5 Å². The summed E-state index contributed by atoms with van der Waals surface area (Å²) in [6.45, 7) is 0.472. The number of ether oxygens (including phenoxy) is 3. The molecule has 0 saturated heterocycles. The minimum Gasteiger partial charge on any atom is -0.493 e. The highest BCUT2D eigenvalue weighted by atomic mass is 79.9. The van der Waals surface area contributed by atoms with Crippen LogP contribution in [0.3, 0.4) is 0 Å². The van der Waals surface area contributed by atoms with Crippen molar-refractivity contribution in [1.29, 1.82) is 0 Å². The Balaban J connectivity index is 2.46. The summed E-state index contributed by atoms with van der Waals surface area (Å²) in [6, 6.07) is 8.51. The molecule has 2 aromatic carbocycles. The second-order valence-electron chi connectivity index (χ2n) is 5.26. The number of benzene rings is 2. The van der Waals surface area contributed by atoms with Crippen LogP contribution in [0.1, 0.15) is 10.4 Å². The first-order valence-electron chi connectivity index (χ1n) is 7.64. The highest BCUT2D eigenvalue weighted by Gasteiger charge is 2.22. The summed E-state index contributed by atoms with van der Waals surface area (Å²) in [5, 5.41) is 9.44. The summed E-state index contributed by atoms with van der Waals surface area (Å²) in [6.07, 6.45) is 0. The first kappa shape index (κ1) is 21.0. The topological polar surface area (TPSA) is 111 Å². The van der Waals surface area contributed by atoms with Crippen LogP contribution in [0.5, 0.6) is 11.5 Å². The summed E-state index contributed by atoms with van der Waals surface area (Å²) in [5.41, 5.74) is -0.416. The summed E-state index contributed by atoms with van der Waals surface area (Å²) in [7, 11) is -1.16. The molecular formula is C17H18BrNO7S. The average Bonchev–Trinajstić information content (AvgIpc) is 2.61. The molecule has 0 aliphatic carbocycles. The molecule has 0 heterocycles. The first-order valence-corrected chi connectivity index (χ1v) is 9.91. The van der Waals surface area contributed by atoms with Gasteiger partial charge in [0.2, 0.25) is 0 Å². The van der Waals surface area contributed by atoms with Crippen molar-refractivity contribution in [1.82, 2.24) is 0 Å². The van der Waals surface area contributed by atoms with Crippen LogP contribution in [0.25, 0.3) is 0 Å². The largest absolute Gasteiger partial charge is 0.493 e. The molecule has 0 aromatic heterocycles. The Hall–Kier alpha value is -2.30. The zero-order valence-electron chi connectivity index (χ0n) is 14.6. The van der Waals surface area contributed by atoms with E-state index in [1.807, 2.05) is 0 Å². The number of aromatic carboxylic acids is 1. The van der Waals surface area contributed by atoms with E-state index < -0.39 is 16.0 Å². The van der Waals surface area contributed by atoms with Gasteiger partial charge < -0.3 is 19.3 Å². The third kappa shape index (κ3) is 5.34. The second kappa shape index (κ2) is 9.07. The second-order valence-corrected chi connectivity index (χ2v) is 7.86. The molecule has 0 saturated carbocycles. The van der Waals surface area contributed by atoms with Gasteiger partial charge in [-0.25, -0.2) is 13.2 Å². The molecule has 27 heavy (non-hydrogen) atoms. The molecular weight excluding hydrogens is 442 g/mol. The molecule has 0 amide bonds. The highest BCUT2D eigenvalue weighted by molar-refractivity contribution is 9.10. The van der Waals surface area contributed by atoms with Gasteiger partial charge >= 0.3 is 5.97 Å². The monoisotopic (exact) mass is 459 g/mol. The van der Waals surface area contributed by atoms with Crippen LogP contribution in [0.4, 0.5) is 5.69 Å². The normalized spacial score (nSPS) is 11.1. The van der Waals surface area contributed by atoms with Gasteiger partial charge in [-0.05, 0) is 18.2 Å². The number of anilines is 1.